The Morgan fingerprint density at radius 2 is 1.62 bits per heavy atom. The van der Waals surface area contributed by atoms with Crippen molar-refractivity contribution in [2.75, 3.05) is 13.2 Å². The minimum Gasteiger partial charge on any atom is -0.350 e. The molecule has 1 N–H and O–H groups in total. The predicted octanol–water partition coefficient (Wildman–Crippen LogP) is 3.26. The van der Waals surface area contributed by atoms with Gasteiger partial charge in [-0.1, -0.05) is 60.7 Å². The minimum atomic E-state index is -0.255. The van der Waals surface area contributed by atoms with E-state index in [2.05, 4.69) is 11.4 Å². The molecule has 4 nitrogen and oxygen atoms in total. The first-order chi connectivity index (χ1) is 11.8. The van der Waals surface area contributed by atoms with E-state index in [-0.39, 0.29) is 18.2 Å². The lowest BCUT2D eigenvalue weighted by atomic mass is 10.2. The SMILES string of the molecule is O=C(NC1COC(C/C=C/c2ccccc2)OC1)c1ccccc1. The van der Waals surface area contributed by atoms with E-state index >= 15 is 0 Å². The molecule has 1 fully saturated rings. The Morgan fingerprint density at radius 3 is 2.29 bits per heavy atom. The van der Waals surface area contributed by atoms with E-state index in [4.69, 9.17) is 9.47 Å². The average molecular weight is 323 g/mol. The van der Waals surface area contributed by atoms with Gasteiger partial charge in [0.25, 0.3) is 5.91 Å². The lowest BCUT2D eigenvalue weighted by Crippen LogP contribution is -2.47. The highest BCUT2D eigenvalue weighted by Gasteiger charge is 2.23. The van der Waals surface area contributed by atoms with Gasteiger partial charge in [-0.2, -0.15) is 0 Å². The summed E-state index contributed by atoms with van der Waals surface area (Å²) in [5, 5.41) is 2.93. The highest BCUT2D eigenvalue weighted by molar-refractivity contribution is 5.94. The van der Waals surface area contributed by atoms with Gasteiger partial charge in [0, 0.05) is 12.0 Å². The summed E-state index contributed by atoms with van der Waals surface area (Å²) in [6.45, 7) is 0.921. The topological polar surface area (TPSA) is 47.6 Å². The number of carbonyl (C=O) groups is 1. The number of benzene rings is 2. The van der Waals surface area contributed by atoms with Crippen LogP contribution in [0, 0.1) is 0 Å². The van der Waals surface area contributed by atoms with E-state index in [1.807, 2.05) is 54.6 Å². The molecule has 0 aliphatic carbocycles. The number of carbonyl (C=O) groups excluding carboxylic acids is 1. The Bertz CT molecular complexity index is 662. The summed E-state index contributed by atoms with van der Waals surface area (Å²) in [6.07, 6.45) is 4.53. The molecule has 0 bridgehead atoms. The summed E-state index contributed by atoms with van der Waals surface area (Å²) < 4.78 is 11.4. The minimum absolute atomic E-state index is 0.102. The first-order valence-corrected chi connectivity index (χ1v) is 8.12. The van der Waals surface area contributed by atoms with Crippen LogP contribution in [0.3, 0.4) is 0 Å². The molecule has 1 heterocycles. The van der Waals surface area contributed by atoms with Crippen molar-refractivity contribution in [3.8, 4) is 0 Å². The van der Waals surface area contributed by atoms with Crippen LogP contribution in [0.5, 0.6) is 0 Å². The van der Waals surface area contributed by atoms with Crippen LogP contribution >= 0.6 is 0 Å². The first kappa shape index (κ1) is 16.4. The van der Waals surface area contributed by atoms with Gasteiger partial charge in [-0.25, -0.2) is 0 Å². The largest absolute Gasteiger partial charge is 0.350 e. The van der Waals surface area contributed by atoms with Crippen LogP contribution in [-0.4, -0.2) is 31.5 Å². The van der Waals surface area contributed by atoms with E-state index < -0.39 is 0 Å². The molecule has 0 unspecified atom stereocenters. The van der Waals surface area contributed by atoms with Gasteiger partial charge in [0.1, 0.15) is 0 Å². The van der Waals surface area contributed by atoms with Crippen molar-refractivity contribution in [3.63, 3.8) is 0 Å². The lowest BCUT2D eigenvalue weighted by molar-refractivity contribution is -0.185. The second-order valence-electron chi connectivity index (χ2n) is 5.68. The third-order valence-electron chi connectivity index (χ3n) is 3.78. The summed E-state index contributed by atoms with van der Waals surface area (Å²) >= 11 is 0. The molecular weight excluding hydrogens is 302 g/mol. The summed E-state index contributed by atoms with van der Waals surface area (Å²) in [7, 11) is 0. The third kappa shape index (κ3) is 4.78. The van der Waals surface area contributed by atoms with Gasteiger partial charge in [0.2, 0.25) is 0 Å². The normalized spacial score (nSPS) is 20.8. The van der Waals surface area contributed by atoms with Crippen LogP contribution < -0.4 is 5.32 Å². The molecule has 0 radical (unpaired) electrons. The van der Waals surface area contributed by atoms with Crippen molar-refractivity contribution in [1.29, 1.82) is 0 Å². The molecule has 4 heteroatoms. The van der Waals surface area contributed by atoms with Crippen LogP contribution in [0.2, 0.25) is 0 Å². The van der Waals surface area contributed by atoms with Crippen LogP contribution in [0.15, 0.2) is 66.7 Å². The molecule has 3 rings (SSSR count). The molecule has 2 aromatic rings. The predicted molar refractivity (Wildman–Crippen MR) is 93.5 cm³/mol. The van der Waals surface area contributed by atoms with Crippen molar-refractivity contribution in [3.05, 3.63) is 77.9 Å². The molecule has 1 amide bonds. The van der Waals surface area contributed by atoms with E-state index in [1.165, 1.54) is 0 Å². The van der Waals surface area contributed by atoms with Crippen molar-refractivity contribution >= 4 is 12.0 Å². The first-order valence-electron chi connectivity index (χ1n) is 8.12. The molecular formula is C20H21NO3. The van der Waals surface area contributed by atoms with Gasteiger partial charge < -0.3 is 14.8 Å². The van der Waals surface area contributed by atoms with Crippen LogP contribution in [-0.2, 0) is 9.47 Å². The van der Waals surface area contributed by atoms with E-state index in [0.29, 0.717) is 25.2 Å². The average Bonchev–Trinajstić information content (AvgIpc) is 2.65. The van der Waals surface area contributed by atoms with E-state index in [9.17, 15) is 4.79 Å². The van der Waals surface area contributed by atoms with Crippen molar-refractivity contribution in [1.82, 2.24) is 5.32 Å². The summed E-state index contributed by atoms with van der Waals surface area (Å²) in [5.41, 5.74) is 1.80. The van der Waals surface area contributed by atoms with Gasteiger partial charge in [-0.15, -0.1) is 0 Å². The summed E-state index contributed by atoms with van der Waals surface area (Å²) in [4.78, 5) is 12.1. The molecule has 0 saturated carbocycles. The molecule has 1 saturated heterocycles. The maximum absolute atomic E-state index is 12.1. The molecule has 1 aliphatic rings. The van der Waals surface area contributed by atoms with Crippen LogP contribution in [0.25, 0.3) is 6.08 Å². The lowest BCUT2D eigenvalue weighted by Gasteiger charge is -2.29. The highest BCUT2D eigenvalue weighted by Crippen LogP contribution is 2.12. The fourth-order valence-corrected chi connectivity index (χ4v) is 2.50. The monoisotopic (exact) mass is 323 g/mol. The third-order valence-corrected chi connectivity index (χ3v) is 3.78. The smallest absolute Gasteiger partial charge is 0.251 e. The van der Waals surface area contributed by atoms with E-state index in [1.54, 1.807) is 12.1 Å². The molecule has 24 heavy (non-hydrogen) atoms. The summed E-state index contributed by atoms with van der Waals surface area (Å²) in [6, 6.07) is 19.1. The Morgan fingerprint density at radius 1 is 1.00 bits per heavy atom. The zero-order valence-corrected chi connectivity index (χ0v) is 13.4. The maximum atomic E-state index is 12.1. The highest BCUT2D eigenvalue weighted by atomic mass is 16.7. The fourth-order valence-electron chi connectivity index (χ4n) is 2.50. The molecule has 0 aromatic heterocycles. The molecule has 124 valence electrons. The van der Waals surface area contributed by atoms with E-state index in [0.717, 1.165) is 5.56 Å². The Balaban J connectivity index is 1.41. The second-order valence-corrected chi connectivity index (χ2v) is 5.68. The zero-order chi connectivity index (χ0) is 16.6. The number of amides is 1. The van der Waals surface area contributed by atoms with Gasteiger partial charge in [-0.05, 0) is 17.7 Å². The molecule has 1 aliphatic heterocycles. The van der Waals surface area contributed by atoms with Gasteiger partial charge >= 0.3 is 0 Å². The fraction of sp³-hybridized carbons (Fsp3) is 0.250. The molecule has 2 aromatic carbocycles. The number of hydrogen-bond donors (Lipinski definition) is 1. The van der Waals surface area contributed by atoms with Gasteiger partial charge in [0.05, 0.1) is 19.3 Å². The van der Waals surface area contributed by atoms with Crippen molar-refractivity contribution < 1.29 is 14.3 Å². The van der Waals surface area contributed by atoms with Crippen LogP contribution in [0.4, 0.5) is 0 Å². The molecule has 0 atom stereocenters. The maximum Gasteiger partial charge on any atom is 0.251 e. The summed E-state index contributed by atoms with van der Waals surface area (Å²) in [5.74, 6) is -0.102. The number of hydrogen-bond acceptors (Lipinski definition) is 3. The van der Waals surface area contributed by atoms with Crippen molar-refractivity contribution in [2.45, 2.75) is 18.8 Å². The number of nitrogens with one attached hydrogen (secondary N) is 1. The Hall–Kier alpha value is -2.43. The Labute approximate surface area is 142 Å². The standard InChI is InChI=1S/C20H21NO3/c22-20(17-11-5-2-6-12-17)21-18-14-23-19(24-15-18)13-7-10-16-8-3-1-4-9-16/h1-12,18-19H,13-15H2,(H,21,22)/b10-7+. The molecule has 0 spiro atoms. The number of ether oxygens (including phenoxy) is 2. The number of rotatable bonds is 5. The zero-order valence-electron chi connectivity index (χ0n) is 13.4. The van der Waals surface area contributed by atoms with Gasteiger partial charge in [0.15, 0.2) is 6.29 Å². The quantitative estimate of drug-likeness (QED) is 0.919. The van der Waals surface area contributed by atoms with Crippen molar-refractivity contribution in [2.24, 2.45) is 0 Å². The Kier molecular flexibility index (Phi) is 5.77. The van der Waals surface area contributed by atoms with Crippen LogP contribution in [0.1, 0.15) is 22.3 Å². The second kappa shape index (κ2) is 8.43. The van der Waals surface area contributed by atoms with Gasteiger partial charge in [-0.3, -0.25) is 4.79 Å².